The monoisotopic (exact) mass is 437 g/mol. The lowest BCUT2D eigenvalue weighted by Gasteiger charge is -2.07. The number of nitrogens with zero attached hydrogens (tertiary/aromatic N) is 2. The maximum absolute atomic E-state index is 12.0. The number of carbonyl (C=O) groups excluding carboxylic acids is 1. The van der Waals surface area contributed by atoms with Crippen LogP contribution in [0.1, 0.15) is 0 Å². The van der Waals surface area contributed by atoms with Gasteiger partial charge in [-0.2, -0.15) is 0 Å². The summed E-state index contributed by atoms with van der Waals surface area (Å²) in [5, 5.41) is 7.95. The van der Waals surface area contributed by atoms with E-state index in [0.717, 1.165) is 10.0 Å². The molecule has 1 heterocycles. The van der Waals surface area contributed by atoms with Crippen LogP contribution in [0, 0.1) is 3.95 Å². The van der Waals surface area contributed by atoms with E-state index in [0.29, 0.717) is 27.9 Å². The van der Waals surface area contributed by atoms with Gasteiger partial charge in [0.2, 0.25) is 5.91 Å². The van der Waals surface area contributed by atoms with Crippen molar-refractivity contribution in [1.82, 2.24) is 15.1 Å². The van der Waals surface area contributed by atoms with Gasteiger partial charge < -0.3 is 10.1 Å². The lowest BCUT2D eigenvalue weighted by atomic mass is 10.3. The molecule has 1 amide bonds. The number of amides is 1. The summed E-state index contributed by atoms with van der Waals surface area (Å²) in [6.07, 6.45) is 0. The number of hydrogen-bond acceptors (Lipinski definition) is 6. The van der Waals surface area contributed by atoms with Crippen molar-refractivity contribution in [3.8, 4) is 11.4 Å². The molecule has 0 aliphatic rings. The number of aromatic nitrogens is 2. The van der Waals surface area contributed by atoms with Crippen molar-refractivity contribution in [2.45, 2.75) is 4.34 Å². The molecule has 0 saturated carbocycles. The summed E-state index contributed by atoms with van der Waals surface area (Å²) >= 11 is 13.9. The summed E-state index contributed by atoms with van der Waals surface area (Å²) in [7, 11) is 0. The maximum Gasteiger partial charge on any atom is 0.230 e. The van der Waals surface area contributed by atoms with Crippen molar-refractivity contribution in [1.29, 1.82) is 0 Å². The Bertz CT molecular complexity index is 942. The number of halogens is 1. The minimum Gasteiger partial charge on any atom is -0.492 e. The van der Waals surface area contributed by atoms with Crippen molar-refractivity contribution >= 4 is 52.8 Å². The van der Waals surface area contributed by atoms with Crippen LogP contribution in [0.15, 0.2) is 58.9 Å². The zero-order valence-corrected chi connectivity index (χ0v) is 17.3. The number of nitrogens with one attached hydrogen (secondary N) is 1. The molecule has 140 valence electrons. The topological polar surface area (TPSA) is 56.2 Å². The number of rotatable bonds is 8. The Morgan fingerprint density at radius 1 is 1.22 bits per heavy atom. The standard InChI is InChI=1S/C18H16ClN3O2S3/c19-13-6-8-15(9-7-13)24-11-10-20-16(23)12-26-17-21-22(18(25)27-17)14-4-2-1-3-5-14/h1-9H,10-12H2,(H,20,23). The smallest absolute Gasteiger partial charge is 0.230 e. The average Bonchev–Trinajstić information content (AvgIpc) is 3.06. The third-order valence-electron chi connectivity index (χ3n) is 3.36. The first-order chi connectivity index (χ1) is 13.1. The van der Waals surface area contributed by atoms with Crippen molar-refractivity contribution in [2.24, 2.45) is 0 Å². The normalized spacial score (nSPS) is 10.6. The molecule has 0 spiro atoms. The van der Waals surface area contributed by atoms with E-state index >= 15 is 0 Å². The van der Waals surface area contributed by atoms with Crippen LogP contribution in [0.4, 0.5) is 0 Å². The van der Waals surface area contributed by atoms with Crippen LogP contribution in [0.5, 0.6) is 5.75 Å². The largest absolute Gasteiger partial charge is 0.492 e. The van der Waals surface area contributed by atoms with Gasteiger partial charge in [-0.1, -0.05) is 52.9 Å². The van der Waals surface area contributed by atoms with Crippen LogP contribution in [0.25, 0.3) is 5.69 Å². The Kier molecular flexibility index (Phi) is 7.28. The molecule has 0 unspecified atom stereocenters. The number of para-hydroxylation sites is 1. The summed E-state index contributed by atoms with van der Waals surface area (Å²) in [6.45, 7) is 0.815. The Labute approximate surface area is 175 Å². The van der Waals surface area contributed by atoms with Crippen molar-refractivity contribution in [3.63, 3.8) is 0 Å². The fraction of sp³-hybridized carbons (Fsp3) is 0.167. The highest BCUT2D eigenvalue weighted by Crippen LogP contribution is 2.23. The van der Waals surface area contributed by atoms with E-state index in [2.05, 4.69) is 10.4 Å². The Balaban J connectivity index is 1.41. The van der Waals surface area contributed by atoms with Gasteiger partial charge in [-0.05, 0) is 48.6 Å². The van der Waals surface area contributed by atoms with E-state index in [1.54, 1.807) is 28.9 Å². The second kappa shape index (κ2) is 9.89. The number of ether oxygens (including phenoxy) is 1. The van der Waals surface area contributed by atoms with Crippen molar-refractivity contribution < 1.29 is 9.53 Å². The molecule has 0 saturated heterocycles. The Morgan fingerprint density at radius 3 is 2.70 bits per heavy atom. The van der Waals surface area contributed by atoms with Crippen molar-refractivity contribution in [2.75, 3.05) is 18.9 Å². The quantitative estimate of drug-likeness (QED) is 0.317. The molecular formula is C18H16ClN3O2S3. The second-order valence-electron chi connectivity index (χ2n) is 5.32. The second-order valence-corrected chi connectivity index (χ2v) is 8.60. The van der Waals surface area contributed by atoms with Gasteiger partial charge in [0.25, 0.3) is 0 Å². The zero-order chi connectivity index (χ0) is 19.1. The molecule has 1 N–H and O–H groups in total. The lowest BCUT2D eigenvalue weighted by molar-refractivity contribution is -0.118. The third-order valence-corrected chi connectivity index (χ3v) is 5.98. The van der Waals surface area contributed by atoms with E-state index < -0.39 is 0 Å². The molecule has 0 radical (unpaired) electrons. The summed E-state index contributed by atoms with van der Waals surface area (Å²) in [5.41, 5.74) is 0.911. The summed E-state index contributed by atoms with van der Waals surface area (Å²) in [6, 6.07) is 16.8. The summed E-state index contributed by atoms with van der Waals surface area (Å²) < 4.78 is 8.66. The van der Waals surface area contributed by atoms with Gasteiger partial charge in [0.15, 0.2) is 8.29 Å². The van der Waals surface area contributed by atoms with Crippen LogP contribution in [0.3, 0.4) is 0 Å². The molecule has 3 rings (SSSR count). The third kappa shape index (κ3) is 6.07. The van der Waals surface area contributed by atoms with E-state index in [4.69, 9.17) is 28.6 Å². The predicted octanol–water partition coefficient (Wildman–Crippen LogP) is 4.60. The number of hydrogen-bond donors (Lipinski definition) is 1. The fourth-order valence-electron chi connectivity index (χ4n) is 2.12. The van der Waals surface area contributed by atoms with Crippen LogP contribution >= 0.6 is 46.9 Å². The van der Waals surface area contributed by atoms with Crippen LogP contribution in [-0.4, -0.2) is 34.6 Å². The Hall–Kier alpha value is -1.87. The Morgan fingerprint density at radius 2 is 1.96 bits per heavy atom. The minimum atomic E-state index is -0.0768. The molecule has 1 aromatic heterocycles. The van der Waals surface area contributed by atoms with Crippen LogP contribution in [-0.2, 0) is 4.79 Å². The van der Waals surface area contributed by atoms with Gasteiger partial charge in [-0.15, -0.1) is 5.10 Å². The van der Waals surface area contributed by atoms with Gasteiger partial charge in [-0.25, -0.2) is 4.68 Å². The van der Waals surface area contributed by atoms with Crippen molar-refractivity contribution in [3.05, 3.63) is 63.6 Å². The van der Waals surface area contributed by atoms with E-state index in [1.165, 1.54) is 23.1 Å². The molecule has 0 aliphatic heterocycles. The molecule has 9 heteroatoms. The summed E-state index contributed by atoms with van der Waals surface area (Å²) in [4.78, 5) is 12.0. The maximum atomic E-state index is 12.0. The highest BCUT2D eigenvalue weighted by Gasteiger charge is 2.09. The van der Waals surface area contributed by atoms with Gasteiger partial charge >= 0.3 is 0 Å². The van der Waals surface area contributed by atoms with E-state index in [1.807, 2.05) is 30.3 Å². The predicted molar refractivity (Wildman–Crippen MR) is 113 cm³/mol. The molecular weight excluding hydrogens is 422 g/mol. The molecule has 0 fully saturated rings. The van der Waals surface area contributed by atoms with Gasteiger partial charge in [-0.3, -0.25) is 4.79 Å². The molecule has 27 heavy (non-hydrogen) atoms. The lowest BCUT2D eigenvalue weighted by Crippen LogP contribution is -2.29. The first-order valence-corrected chi connectivity index (χ1v) is 10.6. The van der Waals surface area contributed by atoms with Crippen LogP contribution < -0.4 is 10.1 Å². The zero-order valence-electron chi connectivity index (χ0n) is 14.1. The van der Waals surface area contributed by atoms with Gasteiger partial charge in [0.1, 0.15) is 12.4 Å². The SMILES string of the molecule is O=C(CSc1nn(-c2ccccc2)c(=S)s1)NCCOc1ccc(Cl)cc1. The molecule has 0 atom stereocenters. The molecule has 2 aromatic carbocycles. The van der Waals surface area contributed by atoms with E-state index in [9.17, 15) is 4.79 Å². The summed E-state index contributed by atoms with van der Waals surface area (Å²) in [5.74, 6) is 0.916. The number of thioether (sulfide) groups is 1. The van der Waals surface area contributed by atoms with Gasteiger partial charge in [0.05, 0.1) is 18.0 Å². The first kappa shape index (κ1) is 19.9. The van der Waals surface area contributed by atoms with Crippen LogP contribution in [0.2, 0.25) is 5.02 Å². The molecule has 0 aliphatic carbocycles. The molecule has 0 bridgehead atoms. The fourth-order valence-corrected chi connectivity index (χ4v) is 4.44. The first-order valence-electron chi connectivity index (χ1n) is 8.05. The number of carbonyl (C=O) groups is 1. The highest BCUT2D eigenvalue weighted by molar-refractivity contribution is 8.01. The minimum absolute atomic E-state index is 0.0768. The molecule has 5 nitrogen and oxygen atoms in total. The molecule has 3 aromatic rings. The van der Waals surface area contributed by atoms with E-state index in [-0.39, 0.29) is 11.7 Å². The number of benzene rings is 2. The average molecular weight is 438 g/mol. The highest BCUT2D eigenvalue weighted by atomic mass is 35.5. The van der Waals surface area contributed by atoms with Gasteiger partial charge in [0, 0.05) is 5.02 Å².